The number of aryl methyl sites for hydroxylation is 2. The number of aromatic nitrogens is 5. The summed E-state index contributed by atoms with van der Waals surface area (Å²) >= 11 is 0. The number of hydrogen-bond donors (Lipinski definition) is 0. The third-order valence-electron chi connectivity index (χ3n) is 4.23. The van der Waals surface area contributed by atoms with Gasteiger partial charge in [0, 0.05) is 29.1 Å². The summed E-state index contributed by atoms with van der Waals surface area (Å²) in [5.74, 6) is 0.487. The van der Waals surface area contributed by atoms with Crippen LogP contribution in [0.2, 0.25) is 0 Å². The molecule has 0 spiro atoms. The average Bonchev–Trinajstić information content (AvgIpc) is 3.15. The number of carbonyl (C=O) groups excluding carboxylic acids is 1. The van der Waals surface area contributed by atoms with Gasteiger partial charge in [0.05, 0.1) is 0 Å². The fraction of sp³-hybridized carbons (Fsp3) is 0.263. The summed E-state index contributed by atoms with van der Waals surface area (Å²) in [7, 11) is 0. The van der Waals surface area contributed by atoms with Gasteiger partial charge in [-0.2, -0.15) is 4.80 Å². The van der Waals surface area contributed by atoms with Gasteiger partial charge in [-0.3, -0.25) is 4.79 Å². The van der Waals surface area contributed by atoms with E-state index in [2.05, 4.69) is 26.6 Å². The van der Waals surface area contributed by atoms with E-state index in [1.54, 1.807) is 0 Å². The molecule has 0 radical (unpaired) electrons. The van der Waals surface area contributed by atoms with Gasteiger partial charge in [0.15, 0.2) is 5.78 Å². The van der Waals surface area contributed by atoms with Crippen molar-refractivity contribution in [2.24, 2.45) is 0 Å². The SMILES string of the molecule is C=CCn1c(C)cc(C(=O)Cn2nnc(-c3ccc(C)cc3)n2)c1C. The molecule has 0 aliphatic carbocycles. The Hall–Kier alpha value is -3.02. The van der Waals surface area contributed by atoms with Crippen molar-refractivity contribution in [2.75, 3.05) is 0 Å². The molecule has 0 N–H and O–H groups in total. The number of carbonyl (C=O) groups is 1. The van der Waals surface area contributed by atoms with Crippen LogP contribution in [-0.2, 0) is 13.1 Å². The summed E-state index contributed by atoms with van der Waals surface area (Å²) in [5, 5.41) is 12.4. The van der Waals surface area contributed by atoms with Crippen molar-refractivity contribution < 1.29 is 4.79 Å². The summed E-state index contributed by atoms with van der Waals surface area (Å²) < 4.78 is 2.06. The maximum Gasteiger partial charge on any atom is 0.204 e. The summed E-state index contributed by atoms with van der Waals surface area (Å²) in [6.45, 7) is 10.5. The van der Waals surface area contributed by atoms with Crippen molar-refractivity contribution in [3.05, 3.63) is 65.5 Å². The molecule has 25 heavy (non-hydrogen) atoms. The molecule has 6 heteroatoms. The number of allylic oxidation sites excluding steroid dienone is 1. The Morgan fingerprint density at radius 3 is 2.60 bits per heavy atom. The van der Waals surface area contributed by atoms with Crippen LogP contribution < -0.4 is 0 Å². The molecule has 1 aromatic carbocycles. The van der Waals surface area contributed by atoms with Crippen LogP contribution in [0.5, 0.6) is 0 Å². The molecule has 0 saturated heterocycles. The van der Waals surface area contributed by atoms with Gasteiger partial charge >= 0.3 is 0 Å². The van der Waals surface area contributed by atoms with Crippen LogP contribution in [0.1, 0.15) is 27.3 Å². The number of tetrazole rings is 1. The highest BCUT2D eigenvalue weighted by molar-refractivity contribution is 5.97. The van der Waals surface area contributed by atoms with Crippen LogP contribution in [0.25, 0.3) is 11.4 Å². The van der Waals surface area contributed by atoms with Crippen LogP contribution >= 0.6 is 0 Å². The molecular weight excluding hydrogens is 314 g/mol. The molecule has 6 nitrogen and oxygen atoms in total. The number of Topliss-reactive ketones (excluding diaryl/α,β-unsaturated/α-hetero) is 1. The Morgan fingerprint density at radius 2 is 1.92 bits per heavy atom. The summed E-state index contributed by atoms with van der Waals surface area (Å²) in [6, 6.07) is 9.78. The second-order valence-electron chi connectivity index (χ2n) is 6.12. The predicted molar refractivity (Wildman–Crippen MR) is 96.4 cm³/mol. The third kappa shape index (κ3) is 3.42. The van der Waals surface area contributed by atoms with Crippen molar-refractivity contribution >= 4 is 5.78 Å². The Morgan fingerprint density at radius 1 is 1.20 bits per heavy atom. The Bertz CT molecular complexity index is 918. The fourth-order valence-electron chi connectivity index (χ4n) is 2.84. The van der Waals surface area contributed by atoms with Crippen molar-refractivity contribution in [1.82, 2.24) is 24.8 Å². The van der Waals surface area contributed by atoms with Gasteiger partial charge in [-0.1, -0.05) is 35.9 Å². The molecule has 0 aliphatic heterocycles. The first-order valence-electron chi connectivity index (χ1n) is 8.15. The van der Waals surface area contributed by atoms with Crippen molar-refractivity contribution in [1.29, 1.82) is 0 Å². The lowest BCUT2D eigenvalue weighted by Crippen LogP contribution is -2.14. The van der Waals surface area contributed by atoms with Crippen LogP contribution in [0.4, 0.5) is 0 Å². The highest BCUT2D eigenvalue weighted by Gasteiger charge is 2.17. The van der Waals surface area contributed by atoms with E-state index < -0.39 is 0 Å². The van der Waals surface area contributed by atoms with Crippen molar-refractivity contribution in [3.8, 4) is 11.4 Å². The summed E-state index contributed by atoms with van der Waals surface area (Å²) in [5.41, 5.74) is 4.71. The Labute approximate surface area is 146 Å². The number of benzene rings is 1. The lowest BCUT2D eigenvalue weighted by molar-refractivity contribution is 0.0960. The first kappa shape index (κ1) is 16.8. The molecule has 3 aromatic rings. The van der Waals surface area contributed by atoms with Gasteiger partial charge in [-0.05, 0) is 32.1 Å². The summed E-state index contributed by atoms with van der Waals surface area (Å²) in [4.78, 5) is 14.0. The Kier molecular flexibility index (Phi) is 4.61. The van der Waals surface area contributed by atoms with Crippen LogP contribution in [0, 0.1) is 20.8 Å². The highest BCUT2D eigenvalue weighted by Crippen LogP contribution is 2.17. The lowest BCUT2D eigenvalue weighted by Gasteiger charge is -2.06. The number of rotatable bonds is 6. The second-order valence-corrected chi connectivity index (χ2v) is 6.12. The van der Waals surface area contributed by atoms with Crippen molar-refractivity contribution in [2.45, 2.75) is 33.9 Å². The van der Waals surface area contributed by atoms with Crippen molar-refractivity contribution in [3.63, 3.8) is 0 Å². The molecule has 0 amide bonds. The highest BCUT2D eigenvalue weighted by atomic mass is 16.1. The first-order chi connectivity index (χ1) is 12.0. The number of hydrogen-bond acceptors (Lipinski definition) is 4. The van der Waals surface area contributed by atoms with E-state index in [1.165, 1.54) is 10.4 Å². The monoisotopic (exact) mass is 335 g/mol. The zero-order valence-electron chi connectivity index (χ0n) is 14.7. The summed E-state index contributed by atoms with van der Waals surface area (Å²) in [6.07, 6.45) is 1.82. The average molecular weight is 335 g/mol. The molecule has 3 rings (SSSR count). The molecule has 0 unspecified atom stereocenters. The minimum atomic E-state index is -0.0312. The van der Waals surface area contributed by atoms with Crippen LogP contribution in [0.3, 0.4) is 0 Å². The van der Waals surface area contributed by atoms with Gasteiger partial charge in [-0.25, -0.2) is 0 Å². The zero-order valence-corrected chi connectivity index (χ0v) is 14.7. The Balaban J connectivity index is 1.79. The van der Waals surface area contributed by atoms with E-state index in [1.807, 2.05) is 57.2 Å². The van der Waals surface area contributed by atoms with E-state index >= 15 is 0 Å². The minimum absolute atomic E-state index is 0.0312. The second kappa shape index (κ2) is 6.84. The molecule has 128 valence electrons. The minimum Gasteiger partial charge on any atom is -0.345 e. The van der Waals surface area contributed by atoms with Gasteiger partial charge < -0.3 is 4.57 Å². The largest absolute Gasteiger partial charge is 0.345 e. The third-order valence-corrected chi connectivity index (χ3v) is 4.23. The molecule has 0 aliphatic rings. The maximum absolute atomic E-state index is 12.6. The fourth-order valence-corrected chi connectivity index (χ4v) is 2.84. The quantitative estimate of drug-likeness (QED) is 0.513. The van der Waals surface area contributed by atoms with Gasteiger partial charge in [-0.15, -0.1) is 16.8 Å². The molecule has 2 heterocycles. The van der Waals surface area contributed by atoms with E-state index in [9.17, 15) is 4.79 Å². The van der Waals surface area contributed by atoms with Gasteiger partial charge in [0.25, 0.3) is 0 Å². The predicted octanol–water partition coefficient (Wildman–Crippen LogP) is 3.14. The molecular formula is C19H21N5O. The maximum atomic E-state index is 12.6. The standard InChI is InChI=1S/C19H21N5O/c1-5-10-23-14(3)11-17(15(23)4)18(25)12-24-21-19(20-22-24)16-8-6-13(2)7-9-16/h5-9,11H,1,10,12H2,2-4H3. The number of nitrogens with zero attached hydrogens (tertiary/aromatic N) is 5. The molecule has 0 bridgehead atoms. The van der Waals surface area contributed by atoms with E-state index in [4.69, 9.17) is 0 Å². The lowest BCUT2D eigenvalue weighted by atomic mass is 10.1. The molecule has 0 atom stereocenters. The smallest absolute Gasteiger partial charge is 0.204 e. The zero-order chi connectivity index (χ0) is 18.0. The van der Waals surface area contributed by atoms with E-state index in [0.29, 0.717) is 17.9 Å². The van der Waals surface area contributed by atoms with E-state index in [0.717, 1.165) is 17.0 Å². The molecule has 0 saturated carbocycles. The van der Waals surface area contributed by atoms with Crippen LogP contribution in [0.15, 0.2) is 43.0 Å². The van der Waals surface area contributed by atoms with E-state index in [-0.39, 0.29) is 12.3 Å². The van der Waals surface area contributed by atoms with Gasteiger partial charge in [0.1, 0.15) is 6.54 Å². The topological polar surface area (TPSA) is 65.6 Å². The van der Waals surface area contributed by atoms with Gasteiger partial charge in [0.2, 0.25) is 5.82 Å². The van der Waals surface area contributed by atoms with Crippen LogP contribution in [-0.4, -0.2) is 30.6 Å². The normalized spacial score (nSPS) is 10.8. The number of ketones is 1. The molecule has 2 aromatic heterocycles. The molecule has 0 fully saturated rings. The first-order valence-corrected chi connectivity index (χ1v) is 8.15.